The molecule has 0 aliphatic carbocycles. The average molecular weight is 532 g/mol. The van der Waals surface area contributed by atoms with Crippen molar-refractivity contribution in [2.75, 3.05) is 6.61 Å². The molecule has 2 amide bonds. The Balaban J connectivity index is 2.26. The van der Waals surface area contributed by atoms with Gasteiger partial charge in [0.2, 0.25) is 5.91 Å². The van der Waals surface area contributed by atoms with E-state index in [1.807, 2.05) is 70.2 Å². The third-order valence-corrected chi connectivity index (χ3v) is 6.76. The normalized spacial score (nSPS) is 13.2. The van der Waals surface area contributed by atoms with Gasteiger partial charge in [-0.15, -0.1) is 0 Å². The highest BCUT2D eigenvalue weighted by Crippen LogP contribution is 2.31. The van der Waals surface area contributed by atoms with Gasteiger partial charge in [0.25, 0.3) is 5.91 Å². The number of hydrogen-bond acceptors (Lipinski definition) is 3. The molecule has 0 heterocycles. The number of aryl methyl sites for hydroxylation is 1. The minimum Gasteiger partial charge on any atom is -0.483 e. The maximum atomic E-state index is 13.4. The molecule has 2 rings (SSSR count). The number of carbonyl (C=O) groups is 2. The Morgan fingerprint density at radius 3 is 2.32 bits per heavy atom. The van der Waals surface area contributed by atoms with Crippen LogP contribution in [0.3, 0.4) is 0 Å². The molecular formula is C28H39BrN2O3. The smallest absolute Gasteiger partial charge is 0.261 e. The molecule has 0 aromatic heterocycles. The van der Waals surface area contributed by atoms with E-state index in [1.54, 1.807) is 4.90 Å². The molecule has 34 heavy (non-hydrogen) atoms. The van der Waals surface area contributed by atoms with Crippen molar-refractivity contribution in [1.29, 1.82) is 0 Å². The fraction of sp³-hybridized carbons (Fsp3) is 0.500. The van der Waals surface area contributed by atoms with Crippen LogP contribution >= 0.6 is 15.9 Å². The van der Waals surface area contributed by atoms with Gasteiger partial charge < -0.3 is 15.0 Å². The van der Waals surface area contributed by atoms with Crippen LogP contribution in [0.1, 0.15) is 71.1 Å². The lowest BCUT2D eigenvalue weighted by Gasteiger charge is -2.32. The second-order valence-electron chi connectivity index (χ2n) is 9.87. The first-order valence-electron chi connectivity index (χ1n) is 12.0. The Morgan fingerprint density at radius 1 is 1.09 bits per heavy atom. The van der Waals surface area contributed by atoms with Gasteiger partial charge in [-0.3, -0.25) is 9.59 Å². The molecular weight excluding hydrogens is 492 g/mol. The summed E-state index contributed by atoms with van der Waals surface area (Å²) in [5.41, 5.74) is 3.28. The highest BCUT2D eigenvalue weighted by atomic mass is 79.9. The van der Waals surface area contributed by atoms with E-state index in [9.17, 15) is 9.59 Å². The number of benzene rings is 2. The van der Waals surface area contributed by atoms with Crippen molar-refractivity contribution in [3.8, 4) is 5.75 Å². The molecule has 6 heteroatoms. The molecule has 0 spiro atoms. The lowest BCUT2D eigenvalue weighted by Crippen LogP contribution is -2.51. The number of amides is 2. The topological polar surface area (TPSA) is 58.6 Å². The molecule has 0 bridgehead atoms. The summed E-state index contributed by atoms with van der Waals surface area (Å²) in [6, 6.07) is 13.3. The van der Waals surface area contributed by atoms with Crippen molar-refractivity contribution in [3.63, 3.8) is 0 Å². The van der Waals surface area contributed by atoms with Crippen molar-refractivity contribution in [3.05, 3.63) is 63.6 Å². The summed E-state index contributed by atoms with van der Waals surface area (Å²) in [5.74, 6) is 0.255. The average Bonchev–Trinajstić information content (AvgIpc) is 2.78. The van der Waals surface area contributed by atoms with E-state index >= 15 is 0 Å². The zero-order valence-corrected chi connectivity index (χ0v) is 23.2. The number of nitrogens with one attached hydrogen (secondary N) is 1. The van der Waals surface area contributed by atoms with Crippen LogP contribution in [0.4, 0.5) is 0 Å². The first-order valence-corrected chi connectivity index (χ1v) is 12.8. The van der Waals surface area contributed by atoms with Crippen LogP contribution in [-0.4, -0.2) is 35.4 Å². The van der Waals surface area contributed by atoms with E-state index < -0.39 is 6.04 Å². The molecule has 186 valence electrons. The Morgan fingerprint density at radius 2 is 1.76 bits per heavy atom. The van der Waals surface area contributed by atoms with Crippen LogP contribution in [0, 0.1) is 6.92 Å². The number of nitrogens with zero attached hydrogens (tertiary/aromatic N) is 1. The molecule has 2 aromatic carbocycles. The molecule has 1 N–H and O–H groups in total. The summed E-state index contributed by atoms with van der Waals surface area (Å²) in [4.78, 5) is 28.2. The number of ether oxygens (including phenoxy) is 1. The van der Waals surface area contributed by atoms with E-state index in [4.69, 9.17) is 4.74 Å². The zero-order valence-electron chi connectivity index (χ0n) is 21.6. The molecule has 0 aliphatic rings. The highest BCUT2D eigenvalue weighted by Gasteiger charge is 2.30. The van der Waals surface area contributed by atoms with Crippen molar-refractivity contribution in [2.45, 2.75) is 85.4 Å². The number of carbonyl (C=O) groups excluding carboxylic acids is 2. The molecule has 0 aliphatic heterocycles. The Kier molecular flexibility index (Phi) is 10.2. The lowest BCUT2D eigenvalue weighted by atomic mass is 9.87. The molecule has 0 saturated carbocycles. The third kappa shape index (κ3) is 7.59. The summed E-state index contributed by atoms with van der Waals surface area (Å²) < 4.78 is 6.73. The van der Waals surface area contributed by atoms with Crippen LogP contribution in [0.15, 0.2) is 46.9 Å². The lowest BCUT2D eigenvalue weighted by molar-refractivity contribution is -0.143. The van der Waals surface area contributed by atoms with E-state index in [1.165, 1.54) is 5.56 Å². The van der Waals surface area contributed by atoms with Crippen molar-refractivity contribution < 1.29 is 14.3 Å². The quantitative estimate of drug-likeness (QED) is 0.400. The summed E-state index contributed by atoms with van der Waals surface area (Å²) in [6.45, 7) is 14.6. The molecule has 0 saturated heterocycles. The number of hydrogen-bond donors (Lipinski definition) is 1. The fourth-order valence-corrected chi connectivity index (χ4v) is 4.13. The van der Waals surface area contributed by atoms with Gasteiger partial charge in [-0.25, -0.2) is 0 Å². The zero-order chi connectivity index (χ0) is 25.5. The van der Waals surface area contributed by atoms with Crippen LogP contribution < -0.4 is 10.1 Å². The van der Waals surface area contributed by atoms with E-state index in [-0.39, 0.29) is 29.9 Å². The second-order valence-corrected chi connectivity index (χ2v) is 10.7. The van der Waals surface area contributed by atoms with E-state index in [0.29, 0.717) is 18.7 Å². The standard InChI is InChI=1S/C28H39BrN2O3/c1-8-20(4)30-27(33)24(9-2)31(17-21-13-11-10-12-19(21)3)26(32)18-34-25-15-14-22(16-23(25)29)28(5,6)7/h10-16,20,24H,8-9,17-18H2,1-7H3,(H,30,33)/t20-,24+/m1/s1. The Labute approximate surface area is 213 Å². The fourth-order valence-electron chi connectivity index (χ4n) is 3.64. The predicted molar refractivity (Wildman–Crippen MR) is 142 cm³/mol. The maximum absolute atomic E-state index is 13.4. The monoisotopic (exact) mass is 530 g/mol. The first kappa shape index (κ1) is 27.9. The predicted octanol–water partition coefficient (Wildman–Crippen LogP) is 6.16. The van der Waals surface area contributed by atoms with Gasteiger partial charge in [0.05, 0.1) is 4.47 Å². The van der Waals surface area contributed by atoms with Gasteiger partial charge in [0.15, 0.2) is 6.61 Å². The largest absolute Gasteiger partial charge is 0.483 e. The first-order chi connectivity index (χ1) is 16.0. The van der Waals surface area contributed by atoms with Crippen LogP contribution in [-0.2, 0) is 21.5 Å². The summed E-state index contributed by atoms with van der Waals surface area (Å²) in [7, 11) is 0. The summed E-state index contributed by atoms with van der Waals surface area (Å²) in [5, 5.41) is 3.04. The van der Waals surface area contributed by atoms with Gasteiger partial charge in [-0.05, 0) is 76.9 Å². The van der Waals surface area contributed by atoms with Gasteiger partial charge in [-0.2, -0.15) is 0 Å². The van der Waals surface area contributed by atoms with Gasteiger partial charge in [-0.1, -0.05) is 65.0 Å². The van der Waals surface area contributed by atoms with Crippen molar-refractivity contribution >= 4 is 27.7 Å². The molecule has 0 fully saturated rings. The number of rotatable bonds is 10. The van der Waals surface area contributed by atoms with Gasteiger partial charge in [0.1, 0.15) is 11.8 Å². The number of halogens is 1. The molecule has 2 aromatic rings. The Bertz CT molecular complexity index is 984. The van der Waals surface area contributed by atoms with Crippen LogP contribution in [0.5, 0.6) is 5.75 Å². The maximum Gasteiger partial charge on any atom is 0.261 e. The second kappa shape index (κ2) is 12.4. The molecule has 2 atom stereocenters. The minimum absolute atomic E-state index is 0.0124. The summed E-state index contributed by atoms with van der Waals surface area (Å²) in [6.07, 6.45) is 1.35. The molecule has 5 nitrogen and oxygen atoms in total. The third-order valence-electron chi connectivity index (χ3n) is 6.14. The van der Waals surface area contributed by atoms with Crippen molar-refractivity contribution in [1.82, 2.24) is 10.2 Å². The summed E-state index contributed by atoms with van der Waals surface area (Å²) >= 11 is 3.58. The van der Waals surface area contributed by atoms with Crippen LogP contribution in [0.2, 0.25) is 0 Å². The van der Waals surface area contributed by atoms with E-state index in [0.717, 1.165) is 22.0 Å². The molecule has 0 radical (unpaired) electrons. The van der Waals surface area contributed by atoms with Gasteiger partial charge >= 0.3 is 0 Å². The highest BCUT2D eigenvalue weighted by molar-refractivity contribution is 9.10. The Hall–Kier alpha value is -2.34. The molecule has 0 unspecified atom stereocenters. The van der Waals surface area contributed by atoms with Crippen molar-refractivity contribution in [2.24, 2.45) is 0 Å². The van der Waals surface area contributed by atoms with Crippen LogP contribution in [0.25, 0.3) is 0 Å². The van der Waals surface area contributed by atoms with E-state index in [2.05, 4.69) is 42.0 Å². The van der Waals surface area contributed by atoms with Gasteiger partial charge in [0, 0.05) is 12.6 Å². The SMILES string of the molecule is CC[C@@H](C)NC(=O)[C@H](CC)N(Cc1ccccc1C)C(=O)COc1ccc(C(C)(C)C)cc1Br. The minimum atomic E-state index is -0.573.